The fourth-order valence-electron chi connectivity index (χ4n) is 2.12. The monoisotopic (exact) mass is 255 g/mol. The number of hydrogen-bond donors (Lipinski definition) is 1. The van der Waals surface area contributed by atoms with E-state index in [0.29, 0.717) is 6.54 Å². The highest BCUT2D eigenvalue weighted by Crippen LogP contribution is 2.38. The molecule has 1 unspecified atom stereocenters. The van der Waals surface area contributed by atoms with Gasteiger partial charge in [0.05, 0.1) is 0 Å². The molecule has 0 spiro atoms. The zero-order chi connectivity index (χ0) is 12.4. The van der Waals surface area contributed by atoms with Gasteiger partial charge in [0.2, 0.25) is 5.91 Å². The zero-order valence-corrected chi connectivity index (χ0v) is 10.6. The molecule has 0 radical (unpaired) electrons. The Hall–Kier alpha value is -1.74. The van der Waals surface area contributed by atoms with Gasteiger partial charge in [-0.05, 0) is 23.3 Å². The molecular formula is C15H13NOS. The van der Waals surface area contributed by atoms with Crippen molar-refractivity contribution in [1.29, 1.82) is 0 Å². The molecule has 90 valence electrons. The maximum Gasteiger partial charge on any atom is 0.238 e. The van der Waals surface area contributed by atoms with Crippen LogP contribution < -0.4 is 5.32 Å². The molecule has 0 saturated carbocycles. The van der Waals surface area contributed by atoms with Crippen molar-refractivity contribution in [3.8, 4) is 0 Å². The third kappa shape index (κ3) is 2.14. The van der Waals surface area contributed by atoms with E-state index in [0.717, 1.165) is 10.5 Å². The second-order valence-electron chi connectivity index (χ2n) is 4.23. The Morgan fingerprint density at radius 1 is 1.00 bits per heavy atom. The average Bonchev–Trinajstić information content (AvgIpc) is 2.43. The summed E-state index contributed by atoms with van der Waals surface area (Å²) < 4.78 is 0. The third-order valence-electron chi connectivity index (χ3n) is 3.03. The third-order valence-corrected chi connectivity index (χ3v) is 4.27. The van der Waals surface area contributed by atoms with Crippen LogP contribution in [0.2, 0.25) is 0 Å². The molecule has 1 amide bonds. The van der Waals surface area contributed by atoms with Crippen LogP contribution in [0.4, 0.5) is 0 Å². The van der Waals surface area contributed by atoms with Crippen LogP contribution in [0.3, 0.4) is 0 Å². The van der Waals surface area contributed by atoms with Crippen LogP contribution in [-0.4, -0.2) is 5.91 Å². The first-order valence-corrected chi connectivity index (χ1v) is 6.80. The average molecular weight is 255 g/mol. The van der Waals surface area contributed by atoms with Crippen molar-refractivity contribution in [3.63, 3.8) is 0 Å². The Morgan fingerprint density at radius 2 is 1.72 bits per heavy atom. The predicted molar refractivity (Wildman–Crippen MR) is 73.3 cm³/mol. The predicted octanol–water partition coefficient (Wildman–Crippen LogP) is 3.15. The van der Waals surface area contributed by atoms with E-state index >= 15 is 0 Å². The fraction of sp³-hybridized carbons (Fsp3) is 0.133. The number of fused-ring (bicyclic) bond motifs is 1. The number of carbonyl (C=O) groups is 1. The van der Waals surface area contributed by atoms with Gasteiger partial charge in [-0.25, -0.2) is 0 Å². The number of hydrogen-bond acceptors (Lipinski definition) is 2. The van der Waals surface area contributed by atoms with Crippen molar-refractivity contribution in [2.45, 2.75) is 16.7 Å². The first-order valence-electron chi connectivity index (χ1n) is 5.92. The van der Waals surface area contributed by atoms with Gasteiger partial charge >= 0.3 is 0 Å². The van der Waals surface area contributed by atoms with Gasteiger partial charge in [0.15, 0.2) is 0 Å². The van der Waals surface area contributed by atoms with E-state index in [1.165, 1.54) is 5.56 Å². The molecule has 18 heavy (non-hydrogen) atoms. The van der Waals surface area contributed by atoms with Crippen LogP contribution in [0.1, 0.15) is 16.4 Å². The van der Waals surface area contributed by atoms with E-state index in [9.17, 15) is 4.79 Å². The summed E-state index contributed by atoms with van der Waals surface area (Å²) in [5, 5.41) is 2.81. The first kappa shape index (κ1) is 11.4. The highest BCUT2D eigenvalue weighted by atomic mass is 32.2. The molecule has 2 aromatic carbocycles. The number of rotatable bonds is 2. The summed E-state index contributed by atoms with van der Waals surface area (Å²) in [6.07, 6.45) is 0. The van der Waals surface area contributed by atoms with E-state index in [1.807, 2.05) is 42.5 Å². The molecule has 1 N–H and O–H groups in total. The summed E-state index contributed by atoms with van der Waals surface area (Å²) in [7, 11) is 0. The lowest BCUT2D eigenvalue weighted by molar-refractivity contribution is -0.121. The fourth-order valence-corrected chi connectivity index (χ4v) is 3.25. The Balaban J connectivity index is 1.94. The second kappa shape index (κ2) is 4.86. The van der Waals surface area contributed by atoms with Crippen molar-refractivity contribution in [2.24, 2.45) is 0 Å². The highest BCUT2D eigenvalue weighted by molar-refractivity contribution is 8.00. The topological polar surface area (TPSA) is 29.1 Å². The lowest BCUT2D eigenvalue weighted by Gasteiger charge is -2.24. The van der Waals surface area contributed by atoms with Crippen LogP contribution in [0.15, 0.2) is 59.5 Å². The van der Waals surface area contributed by atoms with Gasteiger partial charge in [0, 0.05) is 11.4 Å². The molecule has 1 aliphatic heterocycles. The van der Waals surface area contributed by atoms with Crippen LogP contribution in [0, 0.1) is 0 Å². The van der Waals surface area contributed by atoms with Gasteiger partial charge in [0.1, 0.15) is 5.25 Å². The first-order chi connectivity index (χ1) is 8.84. The number of thioether (sulfide) groups is 1. The van der Waals surface area contributed by atoms with Gasteiger partial charge in [-0.2, -0.15) is 0 Å². The highest BCUT2D eigenvalue weighted by Gasteiger charge is 2.27. The van der Waals surface area contributed by atoms with Gasteiger partial charge < -0.3 is 5.32 Å². The molecule has 3 rings (SSSR count). The minimum atomic E-state index is -0.141. The Labute approximate surface area is 110 Å². The van der Waals surface area contributed by atoms with Crippen molar-refractivity contribution < 1.29 is 4.79 Å². The lowest BCUT2D eigenvalue weighted by Crippen LogP contribution is -2.33. The molecular weight excluding hydrogens is 242 g/mol. The molecule has 0 aromatic heterocycles. The zero-order valence-electron chi connectivity index (χ0n) is 9.80. The van der Waals surface area contributed by atoms with E-state index in [1.54, 1.807) is 11.8 Å². The molecule has 3 heteroatoms. The van der Waals surface area contributed by atoms with Crippen LogP contribution >= 0.6 is 11.8 Å². The number of benzene rings is 2. The van der Waals surface area contributed by atoms with Gasteiger partial charge in [-0.3, -0.25) is 4.79 Å². The van der Waals surface area contributed by atoms with E-state index in [2.05, 4.69) is 17.4 Å². The lowest BCUT2D eigenvalue weighted by atomic mass is 10.0. The van der Waals surface area contributed by atoms with Gasteiger partial charge in [0.25, 0.3) is 0 Å². The molecule has 2 aromatic rings. The summed E-state index contributed by atoms with van der Waals surface area (Å²) in [5.74, 6) is 0.0996. The molecule has 0 bridgehead atoms. The minimum Gasteiger partial charge on any atom is -0.351 e. The molecule has 2 nitrogen and oxygen atoms in total. The molecule has 1 heterocycles. The summed E-state index contributed by atoms with van der Waals surface area (Å²) in [6.45, 7) is 0.640. The Kier molecular flexibility index (Phi) is 3.07. The summed E-state index contributed by atoms with van der Waals surface area (Å²) in [4.78, 5) is 13.1. The number of carbonyl (C=O) groups excluding carboxylic acids is 1. The molecule has 1 atom stereocenters. The summed E-state index contributed by atoms with van der Waals surface area (Å²) in [6, 6.07) is 18.2. The van der Waals surface area contributed by atoms with Crippen LogP contribution in [0.5, 0.6) is 0 Å². The Bertz CT molecular complexity index is 568. The smallest absolute Gasteiger partial charge is 0.238 e. The van der Waals surface area contributed by atoms with Crippen molar-refractivity contribution in [3.05, 3.63) is 65.7 Å². The molecule has 0 aliphatic carbocycles. The molecule has 1 aliphatic rings. The van der Waals surface area contributed by atoms with E-state index in [4.69, 9.17) is 0 Å². The SMILES string of the molecule is O=C1NCc2ccccc2C1Sc1ccccc1. The largest absolute Gasteiger partial charge is 0.351 e. The van der Waals surface area contributed by atoms with Crippen LogP contribution in [0.25, 0.3) is 0 Å². The van der Waals surface area contributed by atoms with Gasteiger partial charge in [-0.1, -0.05) is 42.5 Å². The van der Waals surface area contributed by atoms with Crippen molar-refractivity contribution >= 4 is 17.7 Å². The maximum atomic E-state index is 12.0. The standard InChI is InChI=1S/C15H13NOS/c17-15-14(18-12-7-2-1-3-8-12)13-9-5-4-6-11(13)10-16-15/h1-9,14H,10H2,(H,16,17). The van der Waals surface area contributed by atoms with E-state index in [-0.39, 0.29) is 11.2 Å². The summed E-state index contributed by atoms with van der Waals surface area (Å²) >= 11 is 1.60. The van der Waals surface area contributed by atoms with E-state index < -0.39 is 0 Å². The Morgan fingerprint density at radius 3 is 2.56 bits per heavy atom. The van der Waals surface area contributed by atoms with Crippen molar-refractivity contribution in [1.82, 2.24) is 5.32 Å². The second-order valence-corrected chi connectivity index (χ2v) is 5.41. The normalized spacial score (nSPS) is 18.0. The quantitative estimate of drug-likeness (QED) is 0.893. The molecule has 0 fully saturated rings. The maximum absolute atomic E-state index is 12.0. The van der Waals surface area contributed by atoms with Crippen LogP contribution in [-0.2, 0) is 11.3 Å². The number of amides is 1. The number of nitrogens with one attached hydrogen (secondary N) is 1. The summed E-state index contributed by atoms with van der Waals surface area (Å²) in [5.41, 5.74) is 2.35. The van der Waals surface area contributed by atoms with Gasteiger partial charge in [-0.15, -0.1) is 11.8 Å². The molecule has 0 saturated heterocycles. The van der Waals surface area contributed by atoms with Crippen molar-refractivity contribution in [2.75, 3.05) is 0 Å². The minimum absolute atomic E-state index is 0.0996.